The normalized spacial score (nSPS) is 11.7. The highest BCUT2D eigenvalue weighted by Crippen LogP contribution is 2.16. The zero-order valence-electron chi connectivity index (χ0n) is 12.9. The van der Waals surface area contributed by atoms with Crippen molar-refractivity contribution in [2.45, 2.75) is 25.3 Å². The topological polar surface area (TPSA) is 72.0 Å². The minimum Gasteiger partial charge on any atom is -0.250 e. The summed E-state index contributed by atoms with van der Waals surface area (Å²) in [4.78, 5) is 9.26. The van der Waals surface area contributed by atoms with Gasteiger partial charge in [-0.1, -0.05) is 30.3 Å². The molecule has 0 bridgehead atoms. The van der Waals surface area contributed by atoms with Crippen LogP contribution in [0.2, 0.25) is 0 Å². The lowest BCUT2D eigenvalue weighted by atomic mass is 10.2. The summed E-state index contributed by atoms with van der Waals surface area (Å²) in [6.45, 7) is 3.72. The van der Waals surface area contributed by atoms with Gasteiger partial charge in [-0.3, -0.25) is 0 Å². The fourth-order valence-corrected chi connectivity index (χ4v) is 3.62. The highest BCUT2D eigenvalue weighted by molar-refractivity contribution is 7.89. The molecule has 0 saturated carbocycles. The number of nitrogens with one attached hydrogen (secondary N) is 1. The van der Waals surface area contributed by atoms with Gasteiger partial charge in [-0.05, 0) is 37.6 Å². The van der Waals surface area contributed by atoms with Crippen LogP contribution in [0.4, 0.5) is 0 Å². The molecule has 118 valence electrons. The van der Waals surface area contributed by atoms with Crippen molar-refractivity contribution in [3.8, 4) is 0 Å². The van der Waals surface area contributed by atoms with Gasteiger partial charge < -0.3 is 0 Å². The number of sulfonamides is 1. The lowest BCUT2D eigenvalue weighted by molar-refractivity contribution is 0.579. The fourth-order valence-electron chi connectivity index (χ4n) is 2.39. The zero-order chi connectivity index (χ0) is 16.4. The number of hydrogen-bond donors (Lipinski definition) is 1. The van der Waals surface area contributed by atoms with Crippen LogP contribution < -0.4 is 4.72 Å². The second kappa shape index (κ2) is 6.06. The van der Waals surface area contributed by atoms with Crippen LogP contribution in [0.1, 0.15) is 17.0 Å². The largest absolute Gasteiger partial charge is 0.250 e. The van der Waals surface area contributed by atoms with Crippen molar-refractivity contribution in [3.05, 3.63) is 65.5 Å². The maximum Gasteiger partial charge on any atom is 0.241 e. The first-order chi connectivity index (χ1) is 11.0. The average molecular weight is 327 g/mol. The number of benzene rings is 2. The van der Waals surface area contributed by atoms with Crippen LogP contribution in [-0.4, -0.2) is 18.4 Å². The van der Waals surface area contributed by atoms with Crippen LogP contribution in [-0.2, 0) is 16.6 Å². The number of hydrogen-bond acceptors (Lipinski definition) is 4. The molecule has 0 aliphatic heterocycles. The molecule has 0 unspecified atom stereocenters. The Balaban J connectivity index is 1.88. The van der Waals surface area contributed by atoms with Gasteiger partial charge in [0, 0.05) is 0 Å². The smallest absolute Gasteiger partial charge is 0.241 e. The van der Waals surface area contributed by atoms with Crippen LogP contribution in [0.5, 0.6) is 0 Å². The molecule has 0 radical (unpaired) electrons. The van der Waals surface area contributed by atoms with E-state index in [0.717, 1.165) is 16.7 Å². The van der Waals surface area contributed by atoms with E-state index in [2.05, 4.69) is 14.7 Å². The van der Waals surface area contributed by atoms with Crippen molar-refractivity contribution in [1.82, 2.24) is 14.7 Å². The third kappa shape index (κ3) is 3.23. The molecule has 5 nitrogen and oxygen atoms in total. The molecule has 3 rings (SSSR count). The molecule has 0 atom stereocenters. The highest BCUT2D eigenvalue weighted by Gasteiger charge is 2.17. The molecule has 0 aliphatic rings. The first kappa shape index (κ1) is 15.6. The zero-order valence-corrected chi connectivity index (χ0v) is 13.8. The molecule has 2 aromatic carbocycles. The van der Waals surface area contributed by atoms with Crippen molar-refractivity contribution in [3.63, 3.8) is 0 Å². The Hall–Kier alpha value is -2.31. The maximum atomic E-state index is 12.4. The minimum absolute atomic E-state index is 0.111. The molecule has 6 heteroatoms. The molecule has 0 amide bonds. The minimum atomic E-state index is -3.58. The molecule has 0 aliphatic carbocycles. The Labute approximate surface area is 135 Å². The summed E-state index contributed by atoms with van der Waals surface area (Å²) in [5.41, 5.74) is 3.61. The van der Waals surface area contributed by atoms with Crippen molar-refractivity contribution in [2.24, 2.45) is 0 Å². The summed E-state index contributed by atoms with van der Waals surface area (Å²) in [5, 5.41) is 0. The van der Waals surface area contributed by atoms with Crippen LogP contribution in [0.15, 0.2) is 53.4 Å². The van der Waals surface area contributed by atoms with E-state index in [1.165, 1.54) is 0 Å². The van der Waals surface area contributed by atoms with Crippen LogP contribution in [0, 0.1) is 13.8 Å². The second-order valence-electron chi connectivity index (χ2n) is 5.33. The number of aryl methyl sites for hydroxylation is 2. The average Bonchev–Trinajstić information content (AvgIpc) is 2.53. The van der Waals surface area contributed by atoms with Gasteiger partial charge in [0.1, 0.15) is 0 Å². The Morgan fingerprint density at radius 1 is 0.913 bits per heavy atom. The fraction of sp³-hybridized carbons (Fsp3) is 0.176. The standard InChI is InChI=1S/C17H17N3O2S/c1-12-7-3-6-10-17(12)23(21,22)18-11-16-13(2)19-14-8-4-5-9-15(14)20-16/h3-10,18H,11H2,1-2H3. The van der Waals surface area contributed by atoms with E-state index in [4.69, 9.17) is 0 Å². The SMILES string of the molecule is Cc1ccccc1S(=O)(=O)NCc1nc2ccccc2nc1C. The molecular weight excluding hydrogens is 310 g/mol. The predicted octanol–water partition coefficient (Wildman–Crippen LogP) is 2.73. The monoisotopic (exact) mass is 327 g/mol. The third-order valence-electron chi connectivity index (χ3n) is 3.66. The van der Waals surface area contributed by atoms with Crippen LogP contribution >= 0.6 is 0 Å². The molecule has 0 spiro atoms. The van der Waals surface area contributed by atoms with Crippen molar-refractivity contribution in [1.29, 1.82) is 0 Å². The van der Waals surface area contributed by atoms with Crippen LogP contribution in [0.25, 0.3) is 11.0 Å². The van der Waals surface area contributed by atoms with Crippen LogP contribution in [0.3, 0.4) is 0 Å². The van der Waals surface area contributed by atoms with E-state index in [-0.39, 0.29) is 11.4 Å². The Kier molecular flexibility index (Phi) is 4.11. The number of nitrogens with zero attached hydrogens (tertiary/aromatic N) is 2. The summed E-state index contributed by atoms with van der Waals surface area (Å²) >= 11 is 0. The van der Waals surface area contributed by atoms with E-state index in [1.54, 1.807) is 25.1 Å². The number of para-hydroxylation sites is 2. The van der Waals surface area contributed by atoms with E-state index >= 15 is 0 Å². The van der Waals surface area contributed by atoms with Crippen molar-refractivity contribution >= 4 is 21.1 Å². The second-order valence-corrected chi connectivity index (χ2v) is 7.07. The molecular formula is C17H17N3O2S. The summed E-state index contributed by atoms with van der Waals surface area (Å²) in [6, 6.07) is 14.4. The van der Waals surface area contributed by atoms with Gasteiger partial charge in [0.2, 0.25) is 10.0 Å². The molecule has 1 aromatic heterocycles. The highest BCUT2D eigenvalue weighted by atomic mass is 32.2. The van der Waals surface area contributed by atoms with Gasteiger partial charge in [-0.15, -0.1) is 0 Å². The molecule has 3 aromatic rings. The molecule has 0 fully saturated rings. The lowest BCUT2D eigenvalue weighted by Crippen LogP contribution is -2.25. The summed E-state index contributed by atoms with van der Waals surface area (Å²) in [6.07, 6.45) is 0. The quantitative estimate of drug-likeness (QED) is 0.800. The van der Waals surface area contributed by atoms with Gasteiger partial charge in [-0.2, -0.15) is 0 Å². The van der Waals surface area contributed by atoms with E-state index in [1.807, 2.05) is 37.3 Å². The molecule has 1 N–H and O–H groups in total. The summed E-state index contributed by atoms with van der Waals surface area (Å²) in [5.74, 6) is 0. The lowest BCUT2D eigenvalue weighted by Gasteiger charge is -2.10. The first-order valence-corrected chi connectivity index (χ1v) is 8.73. The molecule has 0 saturated heterocycles. The third-order valence-corrected chi connectivity index (χ3v) is 5.22. The molecule has 23 heavy (non-hydrogen) atoms. The maximum absolute atomic E-state index is 12.4. The Bertz CT molecular complexity index is 968. The Morgan fingerprint density at radius 3 is 2.22 bits per heavy atom. The number of aromatic nitrogens is 2. The van der Waals surface area contributed by atoms with E-state index in [9.17, 15) is 8.42 Å². The van der Waals surface area contributed by atoms with Gasteiger partial charge in [0.25, 0.3) is 0 Å². The summed E-state index contributed by atoms with van der Waals surface area (Å²) in [7, 11) is -3.58. The number of rotatable bonds is 4. The predicted molar refractivity (Wildman–Crippen MR) is 89.5 cm³/mol. The van der Waals surface area contributed by atoms with Gasteiger partial charge in [-0.25, -0.2) is 23.1 Å². The van der Waals surface area contributed by atoms with E-state index in [0.29, 0.717) is 11.3 Å². The van der Waals surface area contributed by atoms with Gasteiger partial charge in [0.05, 0.1) is 33.9 Å². The summed E-state index contributed by atoms with van der Waals surface area (Å²) < 4.78 is 27.5. The van der Waals surface area contributed by atoms with Crippen molar-refractivity contribution < 1.29 is 8.42 Å². The van der Waals surface area contributed by atoms with E-state index < -0.39 is 10.0 Å². The molecule has 1 heterocycles. The van der Waals surface area contributed by atoms with Gasteiger partial charge in [0.15, 0.2) is 0 Å². The number of fused-ring (bicyclic) bond motifs is 1. The first-order valence-electron chi connectivity index (χ1n) is 7.25. The van der Waals surface area contributed by atoms with Gasteiger partial charge >= 0.3 is 0 Å². The van der Waals surface area contributed by atoms with Crippen molar-refractivity contribution in [2.75, 3.05) is 0 Å². The Morgan fingerprint density at radius 2 is 1.52 bits per heavy atom.